The van der Waals surface area contributed by atoms with E-state index < -0.39 is 0 Å². The summed E-state index contributed by atoms with van der Waals surface area (Å²) in [6.45, 7) is 5.71. The minimum atomic E-state index is 0.882. The van der Waals surface area contributed by atoms with Crippen LogP contribution in [-0.4, -0.2) is 6.54 Å². The molecule has 0 aromatic heterocycles. The molecule has 1 aromatic carbocycles. The van der Waals surface area contributed by atoms with Gasteiger partial charge in [0.25, 0.3) is 0 Å². The van der Waals surface area contributed by atoms with Crippen LogP contribution in [0.1, 0.15) is 39.5 Å². The average Bonchev–Trinajstić information content (AvgIpc) is 2.26. The van der Waals surface area contributed by atoms with E-state index in [-0.39, 0.29) is 0 Å². The second-order valence-electron chi connectivity index (χ2n) is 4.33. The van der Waals surface area contributed by atoms with Gasteiger partial charge >= 0.3 is 0 Å². The largest absolute Gasteiger partial charge is 0.385 e. The van der Waals surface area contributed by atoms with Crippen LogP contribution in [0.4, 0.5) is 5.69 Å². The molecule has 1 heteroatoms. The zero-order valence-corrected chi connectivity index (χ0v) is 10.00. The molecular weight excluding hydrogens is 182 g/mol. The van der Waals surface area contributed by atoms with Crippen molar-refractivity contribution < 1.29 is 0 Å². The van der Waals surface area contributed by atoms with Crippen LogP contribution in [0.3, 0.4) is 0 Å². The molecule has 84 valence electrons. The highest BCUT2D eigenvalue weighted by Crippen LogP contribution is 2.12. The van der Waals surface area contributed by atoms with Crippen LogP contribution in [0, 0.1) is 5.92 Å². The fourth-order valence-electron chi connectivity index (χ4n) is 1.88. The SMILES string of the molecule is CCCC(C)CCCNc1ccccc1. The molecule has 1 rings (SSSR count). The Morgan fingerprint density at radius 3 is 2.53 bits per heavy atom. The first-order chi connectivity index (χ1) is 7.33. The van der Waals surface area contributed by atoms with Gasteiger partial charge in [-0.05, 0) is 30.9 Å². The van der Waals surface area contributed by atoms with E-state index in [9.17, 15) is 0 Å². The molecule has 0 heterocycles. The van der Waals surface area contributed by atoms with E-state index >= 15 is 0 Å². The quantitative estimate of drug-likeness (QED) is 0.654. The van der Waals surface area contributed by atoms with Crippen LogP contribution < -0.4 is 5.32 Å². The van der Waals surface area contributed by atoms with Crippen molar-refractivity contribution in [2.75, 3.05) is 11.9 Å². The monoisotopic (exact) mass is 205 g/mol. The standard InChI is InChI=1S/C14H23N/c1-3-8-13(2)9-7-12-15-14-10-5-4-6-11-14/h4-6,10-11,13,15H,3,7-9,12H2,1-2H3. The molecule has 1 N–H and O–H groups in total. The van der Waals surface area contributed by atoms with Gasteiger partial charge in [0, 0.05) is 12.2 Å². The molecule has 15 heavy (non-hydrogen) atoms. The summed E-state index contributed by atoms with van der Waals surface area (Å²) in [5, 5.41) is 3.44. The lowest BCUT2D eigenvalue weighted by molar-refractivity contribution is 0.476. The number of benzene rings is 1. The fraction of sp³-hybridized carbons (Fsp3) is 0.571. The van der Waals surface area contributed by atoms with Crippen molar-refractivity contribution in [2.24, 2.45) is 5.92 Å². The molecule has 0 saturated heterocycles. The van der Waals surface area contributed by atoms with Crippen molar-refractivity contribution in [1.29, 1.82) is 0 Å². The van der Waals surface area contributed by atoms with Crippen molar-refractivity contribution in [2.45, 2.75) is 39.5 Å². The molecule has 1 aromatic rings. The predicted octanol–water partition coefficient (Wildman–Crippen LogP) is 4.31. The molecule has 0 fully saturated rings. The topological polar surface area (TPSA) is 12.0 Å². The van der Waals surface area contributed by atoms with E-state index in [2.05, 4.69) is 49.5 Å². The minimum Gasteiger partial charge on any atom is -0.385 e. The lowest BCUT2D eigenvalue weighted by Gasteiger charge is -2.10. The van der Waals surface area contributed by atoms with Crippen LogP contribution in [-0.2, 0) is 0 Å². The maximum atomic E-state index is 3.44. The molecule has 0 radical (unpaired) electrons. The first-order valence-corrected chi connectivity index (χ1v) is 6.12. The van der Waals surface area contributed by atoms with E-state index in [0.717, 1.165) is 12.5 Å². The Morgan fingerprint density at radius 2 is 1.87 bits per heavy atom. The minimum absolute atomic E-state index is 0.882. The molecular formula is C14H23N. The van der Waals surface area contributed by atoms with Gasteiger partial charge in [-0.15, -0.1) is 0 Å². The summed E-state index contributed by atoms with van der Waals surface area (Å²) in [5.41, 5.74) is 1.24. The maximum Gasteiger partial charge on any atom is 0.0340 e. The predicted molar refractivity (Wildman–Crippen MR) is 68.2 cm³/mol. The second-order valence-corrected chi connectivity index (χ2v) is 4.33. The van der Waals surface area contributed by atoms with Gasteiger partial charge in [0.05, 0.1) is 0 Å². The fourth-order valence-corrected chi connectivity index (χ4v) is 1.88. The van der Waals surface area contributed by atoms with E-state index in [0.29, 0.717) is 0 Å². The Labute approximate surface area is 93.9 Å². The highest BCUT2D eigenvalue weighted by molar-refractivity contribution is 5.42. The third-order valence-electron chi connectivity index (χ3n) is 2.76. The molecule has 0 saturated carbocycles. The molecule has 0 spiro atoms. The summed E-state index contributed by atoms with van der Waals surface area (Å²) >= 11 is 0. The molecule has 0 aliphatic carbocycles. The lowest BCUT2D eigenvalue weighted by Crippen LogP contribution is -2.03. The molecule has 1 atom stereocenters. The number of hydrogen-bond donors (Lipinski definition) is 1. The average molecular weight is 205 g/mol. The van der Waals surface area contributed by atoms with Crippen LogP contribution >= 0.6 is 0 Å². The zero-order valence-electron chi connectivity index (χ0n) is 10.00. The third kappa shape index (κ3) is 5.46. The Hall–Kier alpha value is -0.980. The lowest BCUT2D eigenvalue weighted by atomic mass is 10.0. The molecule has 0 aliphatic rings. The van der Waals surface area contributed by atoms with Crippen LogP contribution in [0.15, 0.2) is 30.3 Å². The zero-order chi connectivity index (χ0) is 10.9. The first-order valence-electron chi connectivity index (χ1n) is 6.12. The smallest absolute Gasteiger partial charge is 0.0340 e. The highest BCUT2D eigenvalue weighted by atomic mass is 14.9. The normalized spacial score (nSPS) is 12.4. The summed E-state index contributed by atoms with van der Waals surface area (Å²) in [6, 6.07) is 10.4. The number of hydrogen-bond acceptors (Lipinski definition) is 1. The Bertz CT molecular complexity index is 243. The summed E-state index contributed by atoms with van der Waals surface area (Å²) in [6.07, 6.45) is 5.29. The third-order valence-corrected chi connectivity index (χ3v) is 2.76. The molecule has 0 bridgehead atoms. The van der Waals surface area contributed by atoms with Crippen molar-refractivity contribution in [1.82, 2.24) is 0 Å². The number of rotatable bonds is 7. The van der Waals surface area contributed by atoms with Gasteiger partial charge in [0.2, 0.25) is 0 Å². The van der Waals surface area contributed by atoms with Crippen molar-refractivity contribution in [3.8, 4) is 0 Å². The molecule has 0 aliphatic heterocycles. The van der Waals surface area contributed by atoms with Gasteiger partial charge in [0.1, 0.15) is 0 Å². The first kappa shape index (κ1) is 12.1. The van der Waals surface area contributed by atoms with Gasteiger partial charge < -0.3 is 5.32 Å². The number of nitrogens with one attached hydrogen (secondary N) is 1. The van der Waals surface area contributed by atoms with E-state index in [1.807, 2.05) is 0 Å². The highest BCUT2D eigenvalue weighted by Gasteiger charge is 1.99. The molecule has 1 unspecified atom stereocenters. The Kier molecular flexibility index (Phi) is 5.91. The summed E-state index contributed by atoms with van der Waals surface area (Å²) in [4.78, 5) is 0. The molecule has 1 nitrogen and oxygen atoms in total. The summed E-state index contributed by atoms with van der Waals surface area (Å²) in [7, 11) is 0. The van der Waals surface area contributed by atoms with Crippen LogP contribution in [0.2, 0.25) is 0 Å². The number of para-hydroxylation sites is 1. The van der Waals surface area contributed by atoms with Gasteiger partial charge in [-0.2, -0.15) is 0 Å². The van der Waals surface area contributed by atoms with Gasteiger partial charge in [-0.3, -0.25) is 0 Å². The van der Waals surface area contributed by atoms with Crippen LogP contribution in [0.5, 0.6) is 0 Å². The van der Waals surface area contributed by atoms with Gasteiger partial charge in [0.15, 0.2) is 0 Å². The van der Waals surface area contributed by atoms with Crippen molar-refractivity contribution >= 4 is 5.69 Å². The van der Waals surface area contributed by atoms with Crippen molar-refractivity contribution in [3.63, 3.8) is 0 Å². The maximum absolute atomic E-state index is 3.44. The second kappa shape index (κ2) is 7.33. The summed E-state index contributed by atoms with van der Waals surface area (Å²) in [5.74, 6) is 0.882. The van der Waals surface area contributed by atoms with Gasteiger partial charge in [-0.1, -0.05) is 44.9 Å². The molecule has 0 amide bonds. The van der Waals surface area contributed by atoms with Crippen LogP contribution in [0.25, 0.3) is 0 Å². The van der Waals surface area contributed by atoms with Gasteiger partial charge in [-0.25, -0.2) is 0 Å². The van der Waals surface area contributed by atoms with E-state index in [1.54, 1.807) is 0 Å². The van der Waals surface area contributed by atoms with E-state index in [4.69, 9.17) is 0 Å². The van der Waals surface area contributed by atoms with Crippen molar-refractivity contribution in [3.05, 3.63) is 30.3 Å². The summed E-state index contributed by atoms with van der Waals surface area (Å²) < 4.78 is 0. The Morgan fingerprint density at radius 1 is 1.13 bits per heavy atom. The van der Waals surface area contributed by atoms with E-state index in [1.165, 1.54) is 31.4 Å². The number of anilines is 1. The Balaban J connectivity index is 2.07.